The molecule has 1 aromatic heterocycles. The van der Waals surface area contributed by atoms with Crippen molar-refractivity contribution in [2.24, 2.45) is 0 Å². The summed E-state index contributed by atoms with van der Waals surface area (Å²) in [5, 5.41) is 11.8. The van der Waals surface area contributed by atoms with Crippen LogP contribution in [-0.4, -0.2) is 22.7 Å². The molecule has 0 spiro atoms. The molecular weight excluding hydrogens is 248 g/mol. The lowest BCUT2D eigenvalue weighted by atomic mass is 10.1. The van der Waals surface area contributed by atoms with Gasteiger partial charge in [-0.1, -0.05) is 37.1 Å². The normalized spacial score (nSPS) is 15.9. The van der Waals surface area contributed by atoms with Crippen LogP contribution in [-0.2, 0) is 6.61 Å². The highest BCUT2D eigenvalue weighted by molar-refractivity contribution is 5.92. The maximum atomic E-state index is 9.46. The predicted molar refractivity (Wildman–Crippen MR) is 82.9 cm³/mol. The zero-order valence-corrected chi connectivity index (χ0v) is 12.0. The minimum Gasteiger partial charge on any atom is -0.390 e. The first-order valence-corrected chi connectivity index (χ1v) is 7.59. The van der Waals surface area contributed by atoms with Gasteiger partial charge in [0.2, 0.25) is 0 Å². The molecule has 1 aliphatic carbocycles. The summed E-state index contributed by atoms with van der Waals surface area (Å²) in [4.78, 5) is 7.14. The fourth-order valence-electron chi connectivity index (χ4n) is 3.33. The molecule has 0 aliphatic heterocycles. The molecular formula is C17H22N2O. The van der Waals surface area contributed by atoms with Crippen molar-refractivity contribution in [1.82, 2.24) is 4.98 Å². The van der Waals surface area contributed by atoms with Gasteiger partial charge in [0.15, 0.2) is 0 Å². The molecule has 0 atom stereocenters. The summed E-state index contributed by atoms with van der Waals surface area (Å²) in [5.41, 5.74) is 0.759. The second kappa shape index (κ2) is 5.80. The van der Waals surface area contributed by atoms with Crippen molar-refractivity contribution < 1.29 is 5.11 Å². The molecule has 3 rings (SSSR count). The third kappa shape index (κ3) is 2.38. The van der Waals surface area contributed by atoms with Gasteiger partial charge in [-0.3, -0.25) is 0 Å². The topological polar surface area (TPSA) is 36.4 Å². The van der Waals surface area contributed by atoms with Crippen molar-refractivity contribution in [3.63, 3.8) is 0 Å². The molecule has 1 saturated carbocycles. The number of nitrogens with zero attached hydrogens (tertiary/aromatic N) is 2. The van der Waals surface area contributed by atoms with E-state index in [4.69, 9.17) is 4.98 Å². The maximum absolute atomic E-state index is 9.46. The van der Waals surface area contributed by atoms with Crippen molar-refractivity contribution in [2.45, 2.75) is 45.3 Å². The van der Waals surface area contributed by atoms with Gasteiger partial charge in [0.05, 0.1) is 12.3 Å². The lowest BCUT2D eigenvalue weighted by Crippen LogP contribution is -2.34. The van der Waals surface area contributed by atoms with Crippen molar-refractivity contribution in [3.05, 3.63) is 36.0 Å². The molecule has 1 fully saturated rings. The Hall–Kier alpha value is -1.61. The van der Waals surface area contributed by atoms with Gasteiger partial charge in [-0.05, 0) is 31.2 Å². The van der Waals surface area contributed by atoms with Crippen molar-refractivity contribution in [1.29, 1.82) is 0 Å². The summed E-state index contributed by atoms with van der Waals surface area (Å²) in [7, 11) is 0. The summed E-state index contributed by atoms with van der Waals surface area (Å²) in [6.07, 6.45) is 5.15. The molecule has 1 heterocycles. The van der Waals surface area contributed by atoms with Gasteiger partial charge in [0.1, 0.15) is 5.82 Å². The zero-order valence-electron chi connectivity index (χ0n) is 12.0. The smallest absolute Gasteiger partial charge is 0.137 e. The molecule has 0 bridgehead atoms. The first-order chi connectivity index (χ1) is 9.83. The van der Waals surface area contributed by atoms with Crippen LogP contribution in [0.15, 0.2) is 30.3 Å². The van der Waals surface area contributed by atoms with Crippen LogP contribution in [0.5, 0.6) is 0 Å². The van der Waals surface area contributed by atoms with Gasteiger partial charge >= 0.3 is 0 Å². The van der Waals surface area contributed by atoms with Crippen LogP contribution in [0.2, 0.25) is 0 Å². The van der Waals surface area contributed by atoms with Gasteiger partial charge in [-0.15, -0.1) is 0 Å². The van der Waals surface area contributed by atoms with Crippen LogP contribution in [0.1, 0.15) is 38.3 Å². The monoisotopic (exact) mass is 270 g/mol. The van der Waals surface area contributed by atoms with Gasteiger partial charge in [-0.2, -0.15) is 0 Å². The number of hydrogen-bond donors (Lipinski definition) is 1. The first kappa shape index (κ1) is 13.4. The highest BCUT2D eigenvalue weighted by atomic mass is 16.3. The number of aromatic nitrogens is 1. The molecule has 3 nitrogen and oxygen atoms in total. The summed E-state index contributed by atoms with van der Waals surface area (Å²) in [5.74, 6) is 1.04. The summed E-state index contributed by atoms with van der Waals surface area (Å²) in [6, 6.07) is 10.9. The predicted octanol–water partition coefficient (Wildman–Crippen LogP) is 3.50. The number of fused-ring (bicyclic) bond motifs is 1. The fraction of sp³-hybridized carbons (Fsp3) is 0.471. The van der Waals surface area contributed by atoms with E-state index >= 15 is 0 Å². The minimum absolute atomic E-state index is 0.0000548. The van der Waals surface area contributed by atoms with E-state index in [1.807, 2.05) is 12.1 Å². The van der Waals surface area contributed by atoms with E-state index in [0.29, 0.717) is 6.04 Å². The Morgan fingerprint density at radius 3 is 2.70 bits per heavy atom. The molecule has 2 aromatic rings. The largest absolute Gasteiger partial charge is 0.390 e. The second-order valence-electron chi connectivity index (χ2n) is 5.54. The molecule has 0 unspecified atom stereocenters. The van der Waals surface area contributed by atoms with E-state index in [9.17, 15) is 5.11 Å². The Bertz CT molecular complexity index is 591. The van der Waals surface area contributed by atoms with Gasteiger partial charge in [0.25, 0.3) is 0 Å². The van der Waals surface area contributed by atoms with Gasteiger partial charge in [-0.25, -0.2) is 4.98 Å². The standard InChI is InChI=1S/C17H22N2O/c1-2-19(15-8-4-5-9-15)17-16-10-6-3-7-13(16)11-14(12-20)18-17/h3,6-7,10-11,15,20H,2,4-5,8-9,12H2,1H3. The quantitative estimate of drug-likeness (QED) is 0.923. The molecule has 1 N–H and O–H groups in total. The minimum atomic E-state index is 0.0000548. The molecule has 1 aliphatic rings. The van der Waals surface area contributed by atoms with E-state index in [1.54, 1.807) is 0 Å². The average molecular weight is 270 g/mol. The number of anilines is 1. The molecule has 3 heteroatoms. The summed E-state index contributed by atoms with van der Waals surface area (Å²) in [6.45, 7) is 3.16. The SMILES string of the molecule is CCN(c1nc(CO)cc2ccccc12)C1CCCC1. The average Bonchev–Trinajstić information content (AvgIpc) is 3.02. The highest BCUT2D eigenvalue weighted by Gasteiger charge is 2.24. The number of pyridine rings is 1. The fourth-order valence-corrected chi connectivity index (χ4v) is 3.33. The van der Waals surface area contributed by atoms with E-state index in [2.05, 4.69) is 30.0 Å². The lowest BCUT2D eigenvalue weighted by Gasteiger charge is -2.30. The van der Waals surface area contributed by atoms with Crippen LogP contribution in [0.3, 0.4) is 0 Å². The molecule has 1 aromatic carbocycles. The third-order valence-corrected chi connectivity index (χ3v) is 4.31. The number of benzene rings is 1. The number of aliphatic hydroxyl groups is 1. The van der Waals surface area contributed by atoms with Gasteiger partial charge < -0.3 is 10.0 Å². The molecule has 106 valence electrons. The van der Waals surface area contributed by atoms with Crippen LogP contribution in [0.25, 0.3) is 10.8 Å². The number of rotatable bonds is 4. The van der Waals surface area contributed by atoms with Crippen molar-refractivity contribution in [2.75, 3.05) is 11.4 Å². The Morgan fingerprint density at radius 2 is 2.00 bits per heavy atom. The maximum Gasteiger partial charge on any atom is 0.137 e. The Labute approximate surface area is 120 Å². The van der Waals surface area contributed by atoms with Crippen LogP contribution >= 0.6 is 0 Å². The molecule has 0 radical (unpaired) electrons. The molecule has 0 amide bonds. The Kier molecular flexibility index (Phi) is 3.88. The Balaban J connectivity index is 2.11. The Morgan fingerprint density at radius 1 is 1.25 bits per heavy atom. The highest BCUT2D eigenvalue weighted by Crippen LogP contribution is 2.32. The summed E-state index contributed by atoms with van der Waals surface area (Å²) >= 11 is 0. The van der Waals surface area contributed by atoms with Crippen molar-refractivity contribution in [3.8, 4) is 0 Å². The van der Waals surface area contributed by atoms with Crippen molar-refractivity contribution >= 4 is 16.6 Å². The zero-order chi connectivity index (χ0) is 13.9. The third-order valence-electron chi connectivity index (χ3n) is 4.31. The number of aliphatic hydroxyl groups excluding tert-OH is 1. The van der Waals surface area contributed by atoms with E-state index in [1.165, 1.54) is 31.1 Å². The molecule has 0 saturated heterocycles. The van der Waals surface area contributed by atoms with Gasteiger partial charge in [0, 0.05) is 18.0 Å². The summed E-state index contributed by atoms with van der Waals surface area (Å²) < 4.78 is 0. The van der Waals surface area contributed by atoms with E-state index < -0.39 is 0 Å². The van der Waals surface area contributed by atoms with Crippen LogP contribution in [0.4, 0.5) is 5.82 Å². The van der Waals surface area contributed by atoms with E-state index in [0.717, 1.165) is 23.4 Å². The first-order valence-electron chi connectivity index (χ1n) is 7.59. The second-order valence-corrected chi connectivity index (χ2v) is 5.54. The van der Waals surface area contributed by atoms with Crippen LogP contribution < -0.4 is 4.90 Å². The van der Waals surface area contributed by atoms with E-state index in [-0.39, 0.29) is 6.61 Å². The van der Waals surface area contributed by atoms with Crippen LogP contribution in [0, 0.1) is 0 Å². The lowest BCUT2D eigenvalue weighted by molar-refractivity contribution is 0.277. The molecule has 20 heavy (non-hydrogen) atoms. The number of hydrogen-bond acceptors (Lipinski definition) is 3.